The maximum atomic E-state index is 5.79. The van der Waals surface area contributed by atoms with E-state index < -0.39 is 0 Å². The van der Waals surface area contributed by atoms with Crippen LogP contribution in [0.2, 0.25) is 5.15 Å². The predicted octanol–water partition coefficient (Wildman–Crippen LogP) is 3.78. The van der Waals surface area contributed by atoms with E-state index in [9.17, 15) is 0 Å². The van der Waals surface area contributed by atoms with Crippen molar-refractivity contribution in [3.8, 4) is 0 Å². The molecular formula is C8H5BrClIN2. The lowest BCUT2D eigenvalue weighted by Crippen LogP contribution is -1.84. The molecule has 0 radical (unpaired) electrons. The van der Waals surface area contributed by atoms with Gasteiger partial charge in [-0.25, -0.2) is 4.98 Å². The zero-order chi connectivity index (χ0) is 9.42. The maximum Gasteiger partial charge on any atom is 0.129 e. The number of hydrogen-bond acceptors (Lipinski definition) is 1. The van der Waals surface area contributed by atoms with E-state index in [1.54, 1.807) is 6.07 Å². The van der Waals surface area contributed by atoms with E-state index >= 15 is 0 Å². The molecule has 0 saturated heterocycles. The van der Waals surface area contributed by atoms with Crippen molar-refractivity contribution in [2.75, 3.05) is 0 Å². The van der Waals surface area contributed by atoms with Gasteiger partial charge in [0, 0.05) is 11.0 Å². The quantitative estimate of drug-likeness (QED) is 0.424. The van der Waals surface area contributed by atoms with Gasteiger partial charge in [0.1, 0.15) is 5.15 Å². The van der Waals surface area contributed by atoms with Crippen LogP contribution in [0.25, 0.3) is 11.0 Å². The Balaban J connectivity index is 2.76. The maximum absolute atomic E-state index is 5.79. The van der Waals surface area contributed by atoms with Crippen molar-refractivity contribution in [3.05, 3.63) is 29.0 Å². The van der Waals surface area contributed by atoms with Crippen molar-refractivity contribution >= 4 is 61.4 Å². The summed E-state index contributed by atoms with van der Waals surface area (Å²) in [7, 11) is 0. The molecule has 0 atom stereocenters. The summed E-state index contributed by atoms with van der Waals surface area (Å²) < 4.78 is 2.07. The van der Waals surface area contributed by atoms with Gasteiger partial charge in [-0.05, 0) is 18.2 Å². The highest BCUT2D eigenvalue weighted by molar-refractivity contribution is 14.1. The molecule has 5 heteroatoms. The number of hydrogen-bond donors (Lipinski definition) is 0. The first-order chi connectivity index (χ1) is 6.22. The fraction of sp³-hybridized carbons (Fsp3) is 0.125. The first-order valence-corrected chi connectivity index (χ1v) is 6.08. The highest BCUT2D eigenvalue weighted by Crippen LogP contribution is 2.23. The van der Waals surface area contributed by atoms with Gasteiger partial charge in [-0.3, -0.25) is 2.78 Å². The summed E-state index contributed by atoms with van der Waals surface area (Å²) in [6, 6.07) is 5.81. The zero-order valence-electron chi connectivity index (χ0n) is 6.47. The Labute approximate surface area is 103 Å². The van der Waals surface area contributed by atoms with Gasteiger partial charge in [0.25, 0.3) is 0 Å². The summed E-state index contributed by atoms with van der Waals surface area (Å²) in [5, 5.41) is 1.36. The van der Waals surface area contributed by atoms with Crippen LogP contribution in [0.1, 0.15) is 5.69 Å². The molecule has 68 valence electrons. The first-order valence-electron chi connectivity index (χ1n) is 3.61. The Morgan fingerprint density at radius 2 is 2.31 bits per heavy atom. The van der Waals surface area contributed by atoms with Crippen LogP contribution >= 0.6 is 50.4 Å². The smallest absolute Gasteiger partial charge is 0.129 e. The Morgan fingerprint density at radius 3 is 3.00 bits per heavy atom. The molecule has 0 N–H and O–H groups in total. The minimum Gasteiger partial charge on any atom is -0.284 e. The molecule has 0 amide bonds. The number of fused-ring (bicyclic) bond motifs is 1. The molecule has 2 rings (SSSR count). The van der Waals surface area contributed by atoms with Crippen molar-refractivity contribution in [2.45, 2.75) is 5.33 Å². The molecule has 0 aromatic carbocycles. The number of halogens is 3. The van der Waals surface area contributed by atoms with Gasteiger partial charge in [0.15, 0.2) is 0 Å². The van der Waals surface area contributed by atoms with Crippen molar-refractivity contribution in [1.82, 2.24) is 7.76 Å². The fourth-order valence-electron chi connectivity index (χ4n) is 1.18. The second-order valence-corrected chi connectivity index (χ2v) is 4.50. The highest BCUT2D eigenvalue weighted by Gasteiger charge is 2.06. The molecule has 0 unspecified atom stereocenters. The lowest BCUT2D eigenvalue weighted by atomic mass is 10.4. The number of rotatable bonds is 1. The van der Waals surface area contributed by atoms with Crippen LogP contribution in [0.15, 0.2) is 18.2 Å². The zero-order valence-corrected chi connectivity index (χ0v) is 11.0. The van der Waals surface area contributed by atoms with Crippen LogP contribution in [-0.4, -0.2) is 7.76 Å². The number of alkyl halides is 1. The SMILES string of the molecule is Clc1ccc2c(cc(CBr)n2I)n1. The number of aromatic nitrogens is 2. The summed E-state index contributed by atoms with van der Waals surface area (Å²) in [4.78, 5) is 4.22. The van der Waals surface area contributed by atoms with E-state index in [1.165, 1.54) is 5.69 Å². The Hall–Kier alpha value is 0.190. The van der Waals surface area contributed by atoms with Crippen LogP contribution in [0.5, 0.6) is 0 Å². The minimum atomic E-state index is 0.538. The molecule has 2 nitrogen and oxygen atoms in total. The molecule has 2 aromatic rings. The number of pyridine rings is 1. The normalized spacial score (nSPS) is 11.0. The molecular weight excluding hydrogens is 366 g/mol. The van der Waals surface area contributed by atoms with Gasteiger partial charge in [-0.15, -0.1) is 0 Å². The molecule has 0 aliphatic heterocycles. The number of nitrogens with zero attached hydrogens (tertiary/aromatic N) is 2. The fourth-order valence-corrected chi connectivity index (χ4v) is 2.93. The molecule has 2 heterocycles. The lowest BCUT2D eigenvalue weighted by Gasteiger charge is -1.96. The van der Waals surface area contributed by atoms with Gasteiger partial charge in [0.2, 0.25) is 0 Å². The topological polar surface area (TPSA) is 17.8 Å². The summed E-state index contributed by atoms with van der Waals surface area (Å²) in [6.45, 7) is 0. The molecule has 0 spiro atoms. The Kier molecular flexibility index (Phi) is 2.80. The van der Waals surface area contributed by atoms with E-state index in [-0.39, 0.29) is 0 Å². The van der Waals surface area contributed by atoms with E-state index in [0.717, 1.165) is 16.4 Å². The van der Waals surface area contributed by atoms with Crippen LogP contribution < -0.4 is 0 Å². The lowest BCUT2D eigenvalue weighted by molar-refractivity contribution is 1.24. The van der Waals surface area contributed by atoms with Gasteiger partial charge in [0.05, 0.1) is 33.9 Å². The minimum absolute atomic E-state index is 0.538. The molecule has 0 aliphatic carbocycles. The second-order valence-electron chi connectivity index (χ2n) is 2.59. The van der Waals surface area contributed by atoms with E-state index in [1.807, 2.05) is 12.1 Å². The summed E-state index contributed by atoms with van der Waals surface area (Å²) in [6.07, 6.45) is 0. The molecule has 0 fully saturated rings. The third-order valence-electron chi connectivity index (χ3n) is 1.77. The summed E-state index contributed by atoms with van der Waals surface area (Å²) >= 11 is 11.5. The van der Waals surface area contributed by atoms with Gasteiger partial charge in [-0.2, -0.15) is 0 Å². The van der Waals surface area contributed by atoms with Crippen molar-refractivity contribution in [1.29, 1.82) is 0 Å². The van der Waals surface area contributed by atoms with Gasteiger partial charge in [-0.1, -0.05) is 27.5 Å². The van der Waals surface area contributed by atoms with Gasteiger partial charge < -0.3 is 0 Å². The average molecular weight is 371 g/mol. The summed E-state index contributed by atoms with van der Waals surface area (Å²) in [5.74, 6) is 0. The molecule has 0 bridgehead atoms. The molecule has 0 saturated carbocycles. The third kappa shape index (κ3) is 1.71. The molecule has 13 heavy (non-hydrogen) atoms. The Bertz CT molecular complexity index is 455. The van der Waals surface area contributed by atoms with Crippen LogP contribution in [0.3, 0.4) is 0 Å². The van der Waals surface area contributed by atoms with E-state index in [2.05, 4.69) is 46.6 Å². The van der Waals surface area contributed by atoms with Crippen LogP contribution in [0, 0.1) is 0 Å². The van der Waals surface area contributed by atoms with E-state index in [0.29, 0.717) is 5.15 Å². The standard InChI is InChI=1S/C8H5BrClIN2/c9-4-5-3-6-7(13(5)11)1-2-8(10)12-6/h1-3H,4H2. The monoisotopic (exact) mass is 370 g/mol. The van der Waals surface area contributed by atoms with E-state index in [4.69, 9.17) is 11.6 Å². The first kappa shape index (κ1) is 9.73. The molecule has 0 aliphatic rings. The second kappa shape index (κ2) is 3.74. The highest BCUT2D eigenvalue weighted by atomic mass is 127. The van der Waals surface area contributed by atoms with Crippen molar-refractivity contribution < 1.29 is 0 Å². The van der Waals surface area contributed by atoms with Crippen LogP contribution in [-0.2, 0) is 5.33 Å². The third-order valence-corrected chi connectivity index (χ3v) is 3.70. The largest absolute Gasteiger partial charge is 0.284 e. The van der Waals surface area contributed by atoms with Gasteiger partial charge >= 0.3 is 0 Å². The average Bonchev–Trinajstić information content (AvgIpc) is 2.42. The van der Waals surface area contributed by atoms with Crippen molar-refractivity contribution in [3.63, 3.8) is 0 Å². The summed E-state index contributed by atoms with van der Waals surface area (Å²) in [5.41, 5.74) is 3.22. The Morgan fingerprint density at radius 1 is 1.54 bits per heavy atom. The predicted molar refractivity (Wildman–Crippen MR) is 66.8 cm³/mol. The molecule has 2 aromatic heterocycles. The van der Waals surface area contributed by atoms with Crippen LogP contribution in [0.4, 0.5) is 0 Å². The van der Waals surface area contributed by atoms with Crippen molar-refractivity contribution in [2.24, 2.45) is 0 Å².